The van der Waals surface area contributed by atoms with Crippen LogP contribution in [0, 0.1) is 11.3 Å². The van der Waals surface area contributed by atoms with Gasteiger partial charge >= 0.3 is 0 Å². The molecule has 1 unspecified atom stereocenters. The first-order valence-electron chi connectivity index (χ1n) is 5.78. The summed E-state index contributed by atoms with van der Waals surface area (Å²) < 4.78 is 11.4. The minimum Gasteiger partial charge on any atom is -0.347 e. The van der Waals surface area contributed by atoms with Crippen LogP contribution in [0.1, 0.15) is 40.0 Å². The van der Waals surface area contributed by atoms with Crippen LogP contribution in [0.3, 0.4) is 0 Å². The molecule has 1 saturated heterocycles. The predicted octanol–water partition coefficient (Wildman–Crippen LogP) is 2.14. The highest BCUT2D eigenvalue weighted by molar-refractivity contribution is 5.87. The second-order valence-electron chi connectivity index (χ2n) is 5.57. The Morgan fingerprint density at radius 1 is 1.27 bits per heavy atom. The molecule has 0 radical (unpaired) electrons. The molecule has 2 rings (SSSR count). The molecular weight excluding hydrogens is 192 g/mol. The van der Waals surface area contributed by atoms with E-state index in [-0.39, 0.29) is 17.1 Å². The third-order valence-electron chi connectivity index (χ3n) is 3.38. The Labute approximate surface area is 91.1 Å². The lowest BCUT2D eigenvalue weighted by atomic mass is 9.80. The molecule has 3 heteroatoms. The minimum absolute atomic E-state index is 0.0556. The Hall–Kier alpha value is -0.410. The maximum absolute atomic E-state index is 12.3. The third kappa shape index (κ3) is 1.83. The van der Waals surface area contributed by atoms with Gasteiger partial charge in [0, 0.05) is 11.8 Å². The number of carbonyl (C=O) groups excluding carboxylic acids is 1. The number of Topliss-reactive ketones (excluding diaryl/α,β-unsaturated/α-hetero) is 1. The van der Waals surface area contributed by atoms with Gasteiger partial charge in [0.1, 0.15) is 5.78 Å². The van der Waals surface area contributed by atoms with Gasteiger partial charge in [0.05, 0.1) is 19.1 Å². The van der Waals surface area contributed by atoms with Gasteiger partial charge in [0.25, 0.3) is 0 Å². The zero-order chi connectivity index (χ0) is 11.1. The average Bonchev–Trinajstić information content (AvgIpc) is 2.74. The van der Waals surface area contributed by atoms with Crippen LogP contribution in [0.25, 0.3) is 0 Å². The lowest BCUT2D eigenvalue weighted by Gasteiger charge is -2.32. The number of hydrogen-bond donors (Lipinski definition) is 0. The quantitative estimate of drug-likeness (QED) is 0.668. The first kappa shape index (κ1) is 11.1. The molecule has 0 bridgehead atoms. The molecule has 0 aromatic carbocycles. The van der Waals surface area contributed by atoms with Gasteiger partial charge in [-0.1, -0.05) is 20.8 Å². The third-order valence-corrected chi connectivity index (χ3v) is 3.38. The van der Waals surface area contributed by atoms with Crippen molar-refractivity contribution in [2.75, 3.05) is 13.2 Å². The second-order valence-corrected chi connectivity index (χ2v) is 5.57. The average molecular weight is 212 g/mol. The molecule has 1 spiro atoms. The van der Waals surface area contributed by atoms with Crippen molar-refractivity contribution in [3.8, 4) is 0 Å². The van der Waals surface area contributed by atoms with Crippen LogP contribution in [-0.2, 0) is 14.3 Å². The van der Waals surface area contributed by atoms with Crippen molar-refractivity contribution < 1.29 is 14.3 Å². The molecule has 3 nitrogen and oxygen atoms in total. The van der Waals surface area contributed by atoms with E-state index in [1.165, 1.54) is 0 Å². The number of hydrogen-bond acceptors (Lipinski definition) is 3. The first-order chi connectivity index (χ1) is 6.96. The summed E-state index contributed by atoms with van der Waals surface area (Å²) in [5.74, 6) is -0.341. The van der Waals surface area contributed by atoms with E-state index in [0.717, 1.165) is 19.3 Å². The van der Waals surface area contributed by atoms with Crippen molar-refractivity contribution in [2.24, 2.45) is 11.3 Å². The van der Waals surface area contributed by atoms with Crippen LogP contribution >= 0.6 is 0 Å². The smallest absolute Gasteiger partial charge is 0.178 e. The van der Waals surface area contributed by atoms with Crippen LogP contribution in [0.4, 0.5) is 0 Å². The number of rotatable bonds is 1. The number of ether oxygens (including phenoxy) is 2. The summed E-state index contributed by atoms with van der Waals surface area (Å²) in [6.45, 7) is 7.17. The molecule has 1 heterocycles. The van der Waals surface area contributed by atoms with E-state index < -0.39 is 5.79 Å². The topological polar surface area (TPSA) is 35.5 Å². The lowest BCUT2D eigenvalue weighted by Crippen LogP contribution is -2.43. The Bertz CT molecular complexity index is 253. The number of ketones is 1. The molecule has 1 aliphatic heterocycles. The Kier molecular flexibility index (Phi) is 2.63. The molecule has 2 fully saturated rings. The van der Waals surface area contributed by atoms with E-state index in [2.05, 4.69) is 0 Å². The van der Waals surface area contributed by atoms with Gasteiger partial charge in [-0.15, -0.1) is 0 Å². The van der Waals surface area contributed by atoms with Crippen molar-refractivity contribution in [3.05, 3.63) is 0 Å². The van der Waals surface area contributed by atoms with Crippen molar-refractivity contribution in [1.29, 1.82) is 0 Å². The molecule has 1 atom stereocenters. The molecule has 2 aliphatic rings. The summed E-state index contributed by atoms with van der Waals surface area (Å²) in [6, 6.07) is 0. The highest BCUT2D eigenvalue weighted by Crippen LogP contribution is 2.45. The van der Waals surface area contributed by atoms with E-state index >= 15 is 0 Å². The summed E-state index contributed by atoms with van der Waals surface area (Å²) in [7, 11) is 0. The summed E-state index contributed by atoms with van der Waals surface area (Å²) in [6.07, 6.45) is 2.82. The predicted molar refractivity (Wildman–Crippen MR) is 56.4 cm³/mol. The Morgan fingerprint density at radius 2 is 1.87 bits per heavy atom. The number of carbonyl (C=O) groups is 1. The molecule has 1 saturated carbocycles. The maximum atomic E-state index is 12.3. The van der Waals surface area contributed by atoms with Crippen molar-refractivity contribution >= 4 is 5.78 Å². The van der Waals surface area contributed by atoms with E-state index in [4.69, 9.17) is 9.47 Å². The normalized spacial score (nSPS) is 29.9. The van der Waals surface area contributed by atoms with Crippen LogP contribution in [0.15, 0.2) is 0 Å². The highest BCUT2D eigenvalue weighted by atomic mass is 16.7. The van der Waals surface area contributed by atoms with Crippen LogP contribution in [0.2, 0.25) is 0 Å². The van der Waals surface area contributed by atoms with Crippen molar-refractivity contribution in [2.45, 2.75) is 45.8 Å². The Balaban J connectivity index is 2.18. The molecular formula is C12H20O3. The van der Waals surface area contributed by atoms with Crippen molar-refractivity contribution in [1.82, 2.24) is 0 Å². The zero-order valence-electron chi connectivity index (χ0n) is 9.84. The van der Waals surface area contributed by atoms with E-state index in [0.29, 0.717) is 13.2 Å². The minimum atomic E-state index is -0.565. The van der Waals surface area contributed by atoms with Gasteiger partial charge < -0.3 is 9.47 Å². The SMILES string of the molecule is CC(C)(C)C(=O)C1CCCC12OCCO2. The summed E-state index contributed by atoms with van der Waals surface area (Å²) in [4.78, 5) is 12.3. The molecule has 0 aromatic rings. The molecule has 0 aromatic heterocycles. The molecule has 0 amide bonds. The van der Waals surface area contributed by atoms with Crippen molar-refractivity contribution in [3.63, 3.8) is 0 Å². The van der Waals surface area contributed by atoms with Gasteiger partial charge in [-0.3, -0.25) is 4.79 Å². The largest absolute Gasteiger partial charge is 0.347 e. The fraction of sp³-hybridized carbons (Fsp3) is 0.917. The second kappa shape index (κ2) is 3.56. The monoisotopic (exact) mass is 212 g/mol. The van der Waals surface area contributed by atoms with Crippen LogP contribution < -0.4 is 0 Å². The standard InChI is InChI=1S/C12H20O3/c1-11(2,3)10(13)9-5-4-6-12(9)14-7-8-15-12/h9H,4-8H2,1-3H3. The fourth-order valence-corrected chi connectivity index (χ4v) is 2.62. The highest BCUT2D eigenvalue weighted by Gasteiger charge is 2.52. The van der Waals surface area contributed by atoms with Gasteiger partial charge in [0.2, 0.25) is 0 Å². The van der Waals surface area contributed by atoms with Gasteiger partial charge in [-0.25, -0.2) is 0 Å². The lowest BCUT2D eigenvalue weighted by molar-refractivity contribution is -0.189. The van der Waals surface area contributed by atoms with Crippen LogP contribution in [-0.4, -0.2) is 24.8 Å². The summed E-state index contributed by atoms with van der Waals surface area (Å²) in [5.41, 5.74) is -0.294. The summed E-state index contributed by atoms with van der Waals surface area (Å²) in [5, 5.41) is 0. The first-order valence-corrected chi connectivity index (χ1v) is 5.78. The van der Waals surface area contributed by atoms with Gasteiger partial charge in [-0.05, 0) is 12.8 Å². The fourth-order valence-electron chi connectivity index (χ4n) is 2.62. The van der Waals surface area contributed by atoms with Gasteiger partial charge in [0.15, 0.2) is 5.79 Å². The maximum Gasteiger partial charge on any atom is 0.178 e. The van der Waals surface area contributed by atoms with Gasteiger partial charge in [-0.2, -0.15) is 0 Å². The molecule has 0 N–H and O–H groups in total. The zero-order valence-corrected chi connectivity index (χ0v) is 9.84. The molecule has 1 aliphatic carbocycles. The van der Waals surface area contributed by atoms with E-state index in [1.807, 2.05) is 20.8 Å². The van der Waals surface area contributed by atoms with Crippen LogP contribution in [0.5, 0.6) is 0 Å². The van der Waals surface area contributed by atoms with E-state index in [9.17, 15) is 4.79 Å². The summed E-state index contributed by atoms with van der Waals surface area (Å²) >= 11 is 0. The Morgan fingerprint density at radius 3 is 2.40 bits per heavy atom. The molecule has 86 valence electrons. The molecule has 15 heavy (non-hydrogen) atoms. The van der Waals surface area contributed by atoms with E-state index in [1.54, 1.807) is 0 Å².